The maximum Gasteiger partial charge on any atom is 0.230 e. The van der Waals surface area contributed by atoms with Gasteiger partial charge in [0.05, 0.1) is 11.6 Å². The number of piperidine rings is 1. The van der Waals surface area contributed by atoms with Crippen LogP contribution >= 0.6 is 0 Å². The number of ketones is 1. The third-order valence-electron chi connectivity index (χ3n) is 7.29. The molecule has 2 aromatic carbocycles. The summed E-state index contributed by atoms with van der Waals surface area (Å²) in [5.41, 5.74) is 5.48. The number of Topliss-reactive ketones (excluding diaryl/α,β-unsaturated/α-hetero) is 1. The van der Waals surface area contributed by atoms with Gasteiger partial charge in [-0.15, -0.1) is 0 Å². The van der Waals surface area contributed by atoms with Crippen LogP contribution in [-0.2, 0) is 4.79 Å². The highest BCUT2D eigenvalue weighted by Gasteiger charge is 2.38. The van der Waals surface area contributed by atoms with Gasteiger partial charge >= 0.3 is 0 Å². The molecule has 0 radical (unpaired) electrons. The summed E-state index contributed by atoms with van der Waals surface area (Å²) in [5.74, 6) is 0.447. The van der Waals surface area contributed by atoms with Crippen molar-refractivity contribution in [1.82, 2.24) is 19.9 Å². The summed E-state index contributed by atoms with van der Waals surface area (Å²) in [4.78, 5) is 42.0. The molecule has 2 atom stereocenters. The number of rotatable bonds is 4. The number of likely N-dealkylation sites (tertiary alicyclic amines) is 1. The predicted octanol–water partition coefficient (Wildman–Crippen LogP) is 5.28. The highest BCUT2D eigenvalue weighted by atomic mass is 16.2. The van der Waals surface area contributed by atoms with E-state index in [9.17, 15) is 9.59 Å². The Kier molecular flexibility index (Phi) is 5.85. The summed E-state index contributed by atoms with van der Waals surface area (Å²) in [7, 11) is 0. The highest BCUT2D eigenvalue weighted by Crippen LogP contribution is 2.38. The third kappa shape index (κ3) is 4.09. The minimum atomic E-state index is -0.390. The molecule has 0 N–H and O–H groups in total. The molecule has 6 rings (SSSR count). The van der Waals surface area contributed by atoms with Crippen LogP contribution < -0.4 is 0 Å². The van der Waals surface area contributed by atoms with Crippen LogP contribution in [0.1, 0.15) is 52.7 Å². The first-order chi connectivity index (χ1) is 17.7. The van der Waals surface area contributed by atoms with Gasteiger partial charge in [0.15, 0.2) is 11.6 Å². The number of aromatic nitrogens is 3. The van der Waals surface area contributed by atoms with Crippen LogP contribution in [0, 0.1) is 0 Å². The molecule has 4 aromatic rings. The lowest BCUT2D eigenvalue weighted by atomic mass is 9.88. The molecule has 2 aromatic heterocycles. The van der Waals surface area contributed by atoms with Gasteiger partial charge in [-0.3, -0.25) is 14.6 Å². The molecule has 1 aliphatic carbocycles. The number of nitrogens with zero attached hydrogens (tertiary/aromatic N) is 4. The maximum atomic E-state index is 13.7. The van der Waals surface area contributed by atoms with Crippen LogP contribution in [0.4, 0.5) is 0 Å². The molecule has 1 amide bonds. The van der Waals surface area contributed by atoms with E-state index < -0.39 is 0 Å². The second-order valence-electron chi connectivity index (χ2n) is 9.48. The van der Waals surface area contributed by atoms with E-state index in [0.717, 1.165) is 40.8 Å². The maximum absolute atomic E-state index is 13.7. The number of hydrogen-bond acceptors (Lipinski definition) is 5. The van der Waals surface area contributed by atoms with Crippen LogP contribution in [0.5, 0.6) is 0 Å². The van der Waals surface area contributed by atoms with Crippen LogP contribution in [0.3, 0.4) is 0 Å². The molecule has 0 saturated carbocycles. The predicted molar refractivity (Wildman–Crippen MR) is 137 cm³/mol. The number of hydrogen-bond donors (Lipinski definition) is 0. The minimum Gasteiger partial charge on any atom is -0.341 e. The first-order valence-electron chi connectivity index (χ1n) is 12.4. The summed E-state index contributed by atoms with van der Waals surface area (Å²) >= 11 is 0. The molecule has 178 valence electrons. The fourth-order valence-electron chi connectivity index (χ4n) is 5.49. The molecule has 1 fully saturated rings. The van der Waals surface area contributed by atoms with Crippen molar-refractivity contribution < 1.29 is 9.59 Å². The van der Waals surface area contributed by atoms with Crippen molar-refractivity contribution in [2.45, 2.75) is 31.1 Å². The Morgan fingerprint density at radius 2 is 1.67 bits per heavy atom. The van der Waals surface area contributed by atoms with Crippen molar-refractivity contribution >= 4 is 11.7 Å². The number of pyridine rings is 1. The van der Waals surface area contributed by atoms with E-state index in [1.165, 1.54) is 0 Å². The summed E-state index contributed by atoms with van der Waals surface area (Å²) < 4.78 is 0. The summed E-state index contributed by atoms with van der Waals surface area (Å²) in [6.45, 7) is 1.28. The van der Waals surface area contributed by atoms with Gasteiger partial charge < -0.3 is 4.90 Å². The topological polar surface area (TPSA) is 76.1 Å². The monoisotopic (exact) mass is 474 g/mol. The molecule has 1 aliphatic heterocycles. The molecular formula is C30H26N4O2. The molecule has 3 heterocycles. The van der Waals surface area contributed by atoms with Gasteiger partial charge in [-0.1, -0.05) is 54.6 Å². The Hall–Kier alpha value is -4.19. The van der Waals surface area contributed by atoms with Crippen molar-refractivity contribution in [3.05, 3.63) is 102 Å². The Labute approximate surface area is 210 Å². The van der Waals surface area contributed by atoms with Crippen molar-refractivity contribution in [3.63, 3.8) is 0 Å². The summed E-state index contributed by atoms with van der Waals surface area (Å²) in [6.07, 6.45) is 7.48. The fourth-order valence-corrected chi connectivity index (χ4v) is 5.49. The SMILES string of the molecule is O=C1C[C@H](C(=O)N2CCC[C@@H](c3nc(-c4ccncc4)ncc3-c3ccccc3)C2)c2ccccc21. The lowest BCUT2D eigenvalue weighted by molar-refractivity contribution is -0.133. The number of amides is 1. The standard InChI is InChI=1S/C30H26N4O2/c35-27-17-25(23-10-4-5-11-24(23)27)30(36)34-16-6-9-22(19-34)28-26(20-7-2-1-3-8-20)18-32-29(33-28)21-12-14-31-15-13-21/h1-5,7-8,10-15,18,22,25H,6,9,16-17,19H2/t22-,25+/m1/s1. The van der Waals surface area contributed by atoms with Gasteiger partial charge in [-0.25, -0.2) is 9.97 Å². The van der Waals surface area contributed by atoms with Crippen molar-refractivity contribution in [2.24, 2.45) is 0 Å². The minimum absolute atomic E-state index is 0.0441. The van der Waals surface area contributed by atoms with Gasteiger partial charge in [0, 0.05) is 60.7 Å². The number of carbonyl (C=O) groups excluding carboxylic acids is 2. The van der Waals surface area contributed by atoms with Crippen molar-refractivity contribution in [2.75, 3.05) is 13.1 Å². The van der Waals surface area contributed by atoms with E-state index in [1.807, 2.05) is 65.7 Å². The first kappa shape index (κ1) is 22.3. The normalized spacial score (nSPS) is 19.2. The Morgan fingerprint density at radius 1 is 0.889 bits per heavy atom. The Morgan fingerprint density at radius 3 is 2.50 bits per heavy atom. The molecule has 6 nitrogen and oxygen atoms in total. The van der Waals surface area contributed by atoms with Gasteiger partial charge in [-0.05, 0) is 36.1 Å². The van der Waals surface area contributed by atoms with Gasteiger partial charge in [0.25, 0.3) is 0 Å². The molecule has 1 saturated heterocycles. The number of carbonyl (C=O) groups is 2. The lowest BCUT2D eigenvalue weighted by Gasteiger charge is -2.35. The van der Waals surface area contributed by atoms with E-state index in [2.05, 4.69) is 22.1 Å². The highest BCUT2D eigenvalue weighted by molar-refractivity contribution is 6.06. The largest absolute Gasteiger partial charge is 0.341 e. The molecule has 2 aliphatic rings. The van der Waals surface area contributed by atoms with Gasteiger partial charge in [0.2, 0.25) is 5.91 Å². The average Bonchev–Trinajstić information content (AvgIpc) is 3.30. The number of fused-ring (bicyclic) bond motifs is 1. The molecular weight excluding hydrogens is 448 g/mol. The second kappa shape index (κ2) is 9.46. The van der Waals surface area contributed by atoms with Crippen LogP contribution in [0.2, 0.25) is 0 Å². The van der Waals surface area contributed by atoms with E-state index in [4.69, 9.17) is 4.98 Å². The van der Waals surface area contributed by atoms with Crippen LogP contribution in [0.25, 0.3) is 22.5 Å². The molecule has 0 unspecified atom stereocenters. The lowest BCUT2D eigenvalue weighted by Crippen LogP contribution is -2.41. The molecule has 0 bridgehead atoms. The molecule has 0 spiro atoms. The van der Waals surface area contributed by atoms with E-state index in [0.29, 0.717) is 24.5 Å². The fraction of sp³-hybridized carbons (Fsp3) is 0.233. The average molecular weight is 475 g/mol. The van der Waals surface area contributed by atoms with Crippen molar-refractivity contribution in [3.8, 4) is 22.5 Å². The number of benzene rings is 2. The first-order valence-corrected chi connectivity index (χ1v) is 12.4. The zero-order valence-corrected chi connectivity index (χ0v) is 19.9. The third-order valence-corrected chi connectivity index (χ3v) is 7.29. The quantitative estimate of drug-likeness (QED) is 0.402. The molecule has 6 heteroatoms. The van der Waals surface area contributed by atoms with Gasteiger partial charge in [-0.2, -0.15) is 0 Å². The Bertz CT molecular complexity index is 1420. The Balaban J connectivity index is 1.34. The van der Waals surface area contributed by atoms with Crippen molar-refractivity contribution in [1.29, 1.82) is 0 Å². The van der Waals surface area contributed by atoms with Gasteiger partial charge in [0.1, 0.15) is 0 Å². The van der Waals surface area contributed by atoms with E-state index in [-0.39, 0.29) is 29.9 Å². The zero-order chi connectivity index (χ0) is 24.5. The van der Waals surface area contributed by atoms with E-state index in [1.54, 1.807) is 12.4 Å². The van der Waals surface area contributed by atoms with Crippen LogP contribution in [0.15, 0.2) is 85.3 Å². The summed E-state index contributed by atoms with van der Waals surface area (Å²) in [5, 5.41) is 0. The summed E-state index contributed by atoms with van der Waals surface area (Å²) in [6, 6.07) is 21.5. The zero-order valence-electron chi connectivity index (χ0n) is 19.9. The molecule has 36 heavy (non-hydrogen) atoms. The second-order valence-corrected chi connectivity index (χ2v) is 9.48. The van der Waals surface area contributed by atoms with Crippen LogP contribution in [-0.4, -0.2) is 44.6 Å². The van der Waals surface area contributed by atoms with E-state index >= 15 is 0 Å². The smallest absolute Gasteiger partial charge is 0.230 e.